The molecule has 0 unspecified atom stereocenters. The van der Waals surface area contributed by atoms with E-state index < -0.39 is 0 Å². The van der Waals surface area contributed by atoms with Crippen molar-refractivity contribution >= 4 is 0 Å². The van der Waals surface area contributed by atoms with Crippen LogP contribution < -0.4 is 0 Å². The van der Waals surface area contributed by atoms with Crippen LogP contribution in [0.25, 0.3) is 0 Å². The summed E-state index contributed by atoms with van der Waals surface area (Å²) in [5, 5.41) is 0. The fraction of sp³-hybridized carbons (Fsp3) is 0. The Morgan fingerprint density at radius 1 is 0.444 bits per heavy atom. The Labute approximate surface area is 159 Å². The molecule has 0 N–H and O–H groups in total. The number of hydrogen-bond acceptors (Lipinski definition) is 0. The number of hydrogen-bond donors (Lipinski definition) is 0. The van der Waals surface area contributed by atoms with Crippen molar-refractivity contribution in [1.29, 1.82) is 0 Å². The Hall–Kier alpha value is -4.32. The fourth-order valence-electron chi connectivity index (χ4n) is 2.49. The lowest BCUT2D eigenvalue weighted by molar-refractivity contribution is 1.55. The molecule has 0 radical (unpaired) electrons. The summed E-state index contributed by atoms with van der Waals surface area (Å²) in [6, 6.07) is 5.93. The molecule has 0 saturated carbocycles. The van der Waals surface area contributed by atoms with E-state index in [2.05, 4.69) is 52.7 Å². The van der Waals surface area contributed by atoms with Crippen molar-refractivity contribution in [1.82, 2.24) is 0 Å². The van der Waals surface area contributed by atoms with Gasteiger partial charge in [-0.25, -0.2) is 0 Å². The van der Waals surface area contributed by atoms with Gasteiger partial charge in [0.15, 0.2) is 0 Å². The van der Waals surface area contributed by atoms with E-state index in [0.717, 1.165) is 33.4 Å². The van der Waals surface area contributed by atoms with Crippen LogP contribution in [0.1, 0.15) is 16.7 Å². The first-order chi connectivity index (χ1) is 13.3. The molecule has 0 aromatic heterocycles. The molecule has 0 spiro atoms. The third-order valence-electron chi connectivity index (χ3n) is 3.75. The van der Waals surface area contributed by atoms with Gasteiger partial charge >= 0.3 is 0 Å². The molecule has 0 aliphatic heterocycles. The average molecular weight is 336 g/mol. The SMILES string of the molecule is C1=CC=CC=1C#Cc1cc(C#CC2=C=CC=C2)cc(C#CC2=C=CC=C2)c1. The van der Waals surface area contributed by atoms with Gasteiger partial charge in [-0.15, -0.1) is 17.2 Å². The van der Waals surface area contributed by atoms with E-state index >= 15 is 0 Å². The van der Waals surface area contributed by atoms with Crippen molar-refractivity contribution in [2.24, 2.45) is 0 Å². The summed E-state index contributed by atoms with van der Waals surface area (Å²) < 4.78 is 0. The largest absolute Gasteiger partial charge is 0.104 e. The van der Waals surface area contributed by atoms with Crippen LogP contribution in [-0.4, -0.2) is 0 Å². The Morgan fingerprint density at radius 3 is 1.04 bits per heavy atom. The Balaban J connectivity index is 1.71. The first-order valence-corrected chi connectivity index (χ1v) is 8.46. The van der Waals surface area contributed by atoms with E-state index in [1.807, 2.05) is 72.9 Å². The third kappa shape index (κ3) is 4.40. The molecule has 1 aromatic carbocycles. The smallest absolute Gasteiger partial charge is 0.0667 e. The molecule has 0 saturated heterocycles. The van der Waals surface area contributed by atoms with Crippen LogP contribution in [0.15, 0.2) is 107 Å². The molecule has 27 heavy (non-hydrogen) atoms. The monoisotopic (exact) mass is 336 g/mol. The summed E-state index contributed by atoms with van der Waals surface area (Å²) in [5.41, 5.74) is 14.5. The highest BCUT2D eigenvalue weighted by Crippen LogP contribution is 2.11. The van der Waals surface area contributed by atoms with Gasteiger partial charge in [0, 0.05) is 16.7 Å². The van der Waals surface area contributed by atoms with Gasteiger partial charge in [-0.3, -0.25) is 0 Å². The highest BCUT2D eigenvalue weighted by Gasteiger charge is 1.98. The van der Waals surface area contributed by atoms with E-state index in [4.69, 9.17) is 0 Å². The summed E-state index contributed by atoms with van der Waals surface area (Å²) >= 11 is 0. The quantitative estimate of drug-likeness (QED) is 0.476. The molecular formula is C27H12. The summed E-state index contributed by atoms with van der Waals surface area (Å²) in [6.45, 7) is 0. The maximum Gasteiger partial charge on any atom is 0.0667 e. The van der Waals surface area contributed by atoms with Gasteiger partial charge in [0.1, 0.15) is 0 Å². The summed E-state index contributed by atoms with van der Waals surface area (Å²) in [6.07, 6.45) is 17.2. The second kappa shape index (κ2) is 7.71. The van der Waals surface area contributed by atoms with Crippen molar-refractivity contribution in [3.05, 3.63) is 123 Å². The van der Waals surface area contributed by atoms with E-state index in [0.29, 0.717) is 0 Å². The van der Waals surface area contributed by atoms with Crippen LogP contribution in [0.5, 0.6) is 0 Å². The summed E-state index contributed by atoms with van der Waals surface area (Å²) in [4.78, 5) is 0. The van der Waals surface area contributed by atoms with Gasteiger partial charge in [0.05, 0.1) is 16.7 Å². The maximum absolute atomic E-state index is 3.18. The Bertz CT molecular complexity index is 1130. The predicted molar refractivity (Wildman–Crippen MR) is 109 cm³/mol. The second-order valence-electron chi connectivity index (χ2n) is 5.80. The number of benzene rings is 1. The maximum atomic E-state index is 3.18. The molecule has 4 rings (SSSR count). The highest BCUT2D eigenvalue weighted by molar-refractivity contribution is 5.57. The van der Waals surface area contributed by atoms with Crippen LogP contribution >= 0.6 is 0 Å². The summed E-state index contributed by atoms with van der Waals surface area (Å²) in [5.74, 6) is 18.9. The molecule has 0 bridgehead atoms. The zero-order valence-corrected chi connectivity index (χ0v) is 14.4. The van der Waals surface area contributed by atoms with Crippen molar-refractivity contribution in [2.75, 3.05) is 0 Å². The second-order valence-corrected chi connectivity index (χ2v) is 5.80. The number of allylic oxidation sites excluding steroid dienone is 9. The van der Waals surface area contributed by atoms with Crippen LogP contribution in [0, 0.1) is 35.5 Å². The van der Waals surface area contributed by atoms with Crippen LogP contribution in [0.3, 0.4) is 0 Å². The zero-order valence-electron chi connectivity index (χ0n) is 14.4. The fourth-order valence-corrected chi connectivity index (χ4v) is 2.49. The lowest BCUT2D eigenvalue weighted by Gasteiger charge is -1.97. The standard InChI is InChI=1S/C27H12/c1-2-8-22(7-1)13-16-25-19-26(17-14-23-9-3-4-10-23)21-27(20-25)18-15-24-11-5-6-12-24/h1-7,9,11,19-21H. The Morgan fingerprint density at radius 2 is 0.778 bits per heavy atom. The molecule has 0 nitrogen and oxygen atoms in total. The van der Waals surface area contributed by atoms with Crippen molar-refractivity contribution in [3.8, 4) is 35.5 Å². The normalized spacial score (nSPS) is 14.0. The van der Waals surface area contributed by atoms with E-state index in [1.54, 1.807) is 0 Å². The van der Waals surface area contributed by atoms with Gasteiger partial charge < -0.3 is 0 Å². The molecule has 0 heterocycles. The molecule has 120 valence electrons. The van der Waals surface area contributed by atoms with E-state index in [9.17, 15) is 0 Å². The van der Waals surface area contributed by atoms with Gasteiger partial charge in [-0.1, -0.05) is 53.8 Å². The van der Waals surface area contributed by atoms with Crippen LogP contribution in [0.2, 0.25) is 0 Å². The third-order valence-corrected chi connectivity index (χ3v) is 3.75. The highest BCUT2D eigenvalue weighted by atomic mass is 14.0. The molecule has 0 atom stereocenters. The molecule has 3 aliphatic rings. The first-order valence-electron chi connectivity index (χ1n) is 8.46. The van der Waals surface area contributed by atoms with E-state index in [1.165, 1.54) is 0 Å². The van der Waals surface area contributed by atoms with Gasteiger partial charge in [-0.2, -0.15) is 0 Å². The predicted octanol–water partition coefficient (Wildman–Crippen LogP) is 4.70. The topological polar surface area (TPSA) is 0 Å². The van der Waals surface area contributed by atoms with Crippen molar-refractivity contribution in [3.63, 3.8) is 0 Å². The molecule has 0 fully saturated rings. The lowest BCUT2D eigenvalue weighted by atomic mass is 10.0. The Kier molecular flexibility index (Phi) is 4.62. The lowest BCUT2D eigenvalue weighted by Crippen LogP contribution is -1.85. The van der Waals surface area contributed by atoms with Gasteiger partial charge in [0.2, 0.25) is 0 Å². The minimum atomic E-state index is 0.872. The first kappa shape index (κ1) is 16.2. The molecular weight excluding hydrogens is 324 g/mol. The molecule has 0 heteroatoms. The zero-order chi connectivity index (χ0) is 18.3. The minimum absolute atomic E-state index is 0.872. The molecule has 3 aliphatic carbocycles. The number of rotatable bonds is 0. The minimum Gasteiger partial charge on any atom is -0.104 e. The molecule has 0 amide bonds. The van der Waals surface area contributed by atoms with Crippen LogP contribution in [-0.2, 0) is 0 Å². The average Bonchev–Trinajstić information content (AvgIpc) is 3.46. The van der Waals surface area contributed by atoms with Gasteiger partial charge in [0.25, 0.3) is 0 Å². The molecule has 1 aromatic rings. The summed E-state index contributed by atoms with van der Waals surface area (Å²) in [7, 11) is 0. The van der Waals surface area contributed by atoms with E-state index in [-0.39, 0.29) is 0 Å². The van der Waals surface area contributed by atoms with Gasteiger partial charge in [-0.05, 0) is 54.7 Å². The van der Waals surface area contributed by atoms with Crippen LogP contribution in [0.4, 0.5) is 0 Å². The van der Waals surface area contributed by atoms with Crippen molar-refractivity contribution in [2.45, 2.75) is 0 Å². The van der Waals surface area contributed by atoms with Crippen molar-refractivity contribution < 1.29 is 0 Å².